The van der Waals surface area contributed by atoms with Crippen molar-refractivity contribution in [2.45, 2.75) is 37.0 Å². The molecule has 0 amide bonds. The maximum atomic E-state index is 14.1. The average Bonchev–Trinajstić information content (AvgIpc) is 2.64. The summed E-state index contributed by atoms with van der Waals surface area (Å²) in [4.78, 5) is 15.0. The number of hydrogen-bond donors (Lipinski definition) is 3. The first-order valence-corrected chi connectivity index (χ1v) is 6.04. The number of aliphatic hydroxyl groups excluding tert-OH is 2. The number of rotatable bonds is 4. The van der Waals surface area contributed by atoms with Crippen LogP contribution in [-0.2, 0) is 4.74 Å². The molecule has 0 bridgehead atoms. The standard InChI is InChI=1S/C11H14F3N3O4/c12-5(13)3-11(4-18)8(19)7(14)9(21-11)17-2-1-6(15)16-10(17)20/h1-2,5,7-9,18-19H,3-4H2,(H2,15,16,20)/t7-,8+,9-,11-/m1/s1. The fraction of sp³-hybridized carbons (Fsp3) is 0.636. The van der Waals surface area contributed by atoms with Crippen LogP contribution in [0.4, 0.5) is 19.0 Å². The Labute approximate surface area is 116 Å². The Hall–Kier alpha value is -1.65. The van der Waals surface area contributed by atoms with Gasteiger partial charge in [-0.1, -0.05) is 0 Å². The van der Waals surface area contributed by atoms with E-state index in [-0.39, 0.29) is 5.82 Å². The Morgan fingerprint density at radius 3 is 2.76 bits per heavy atom. The molecule has 0 saturated carbocycles. The number of halogens is 3. The molecule has 2 heterocycles. The number of nitrogens with two attached hydrogens (primary N) is 1. The Morgan fingerprint density at radius 2 is 2.24 bits per heavy atom. The van der Waals surface area contributed by atoms with Gasteiger partial charge < -0.3 is 20.7 Å². The molecule has 10 heteroatoms. The quantitative estimate of drug-likeness (QED) is 0.687. The van der Waals surface area contributed by atoms with E-state index in [1.807, 2.05) is 0 Å². The molecule has 0 aliphatic carbocycles. The Bertz CT molecular complexity index is 570. The second kappa shape index (κ2) is 5.62. The van der Waals surface area contributed by atoms with E-state index >= 15 is 0 Å². The predicted octanol–water partition coefficient (Wildman–Crippen LogP) is -0.560. The molecule has 4 N–H and O–H groups in total. The second-order valence-electron chi connectivity index (χ2n) is 4.76. The summed E-state index contributed by atoms with van der Waals surface area (Å²) in [5.41, 5.74) is 2.15. The van der Waals surface area contributed by atoms with Gasteiger partial charge in [0.1, 0.15) is 17.5 Å². The van der Waals surface area contributed by atoms with Crippen LogP contribution in [0.25, 0.3) is 0 Å². The number of nitrogen functional groups attached to an aromatic ring is 1. The van der Waals surface area contributed by atoms with Crippen molar-refractivity contribution in [1.29, 1.82) is 0 Å². The van der Waals surface area contributed by atoms with E-state index in [0.29, 0.717) is 4.57 Å². The lowest BCUT2D eigenvalue weighted by atomic mass is 9.93. The first-order chi connectivity index (χ1) is 9.80. The lowest BCUT2D eigenvalue weighted by Crippen LogP contribution is -2.46. The highest BCUT2D eigenvalue weighted by molar-refractivity contribution is 5.23. The van der Waals surface area contributed by atoms with Crippen molar-refractivity contribution in [2.24, 2.45) is 0 Å². The third-order valence-corrected chi connectivity index (χ3v) is 3.36. The molecule has 7 nitrogen and oxygen atoms in total. The van der Waals surface area contributed by atoms with E-state index < -0.39 is 49.2 Å². The monoisotopic (exact) mass is 309 g/mol. The van der Waals surface area contributed by atoms with Crippen molar-refractivity contribution in [3.8, 4) is 0 Å². The number of nitrogens with zero attached hydrogens (tertiary/aromatic N) is 2. The van der Waals surface area contributed by atoms with Gasteiger partial charge in [0.25, 0.3) is 0 Å². The Morgan fingerprint density at radius 1 is 1.57 bits per heavy atom. The highest BCUT2D eigenvalue weighted by Crippen LogP contribution is 2.41. The van der Waals surface area contributed by atoms with Crippen molar-refractivity contribution >= 4 is 5.82 Å². The summed E-state index contributed by atoms with van der Waals surface area (Å²) in [6.07, 6.45) is -8.79. The zero-order valence-corrected chi connectivity index (χ0v) is 10.7. The van der Waals surface area contributed by atoms with Crippen LogP contribution in [0.15, 0.2) is 17.1 Å². The van der Waals surface area contributed by atoms with Crippen LogP contribution in [0, 0.1) is 0 Å². The molecule has 1 aliphatic rings. The lowest BCUT2D eigenvalue weighted by Gasteiger charge is -2.29. The van der Waals surface area contributed by atoms with E-state index in [4.69, 9.17) is 10.5 Å². The normalized spacial score (nSPS) is 32.8. The van der Waals surface area contributed by atoms with Gasteiger partial charge in [-0.2, -0.15) is 4.98 Å². The summed E-state index contributed by atoms with van der Waals surface area (Å²) in [6, 6.07) is 1.19. The van der Waals surface area contributed by atoms with Gasteiger partial charge in [0.15, 0.2) is 12.4 Å². The minimum atomic E-state index is -2.93. The number of anilines is 1. The molecule has 1 aliphatic heterocycles. The summed E-state index contributed by atoms with van der Waals surface area (Å²) in [5, 5.41) is 19.0. The SMILES string of the molecule is Nc1ccn([C@@H]2O[C@@](CO)(CC(F)F)[C@@H](O)[C@H]2F)c(=O)n1. The first-order valence-electron chi connectivity index (χ1n) is 6.04. The van der Waals surface area contributed by atoms with Crippen LogP contribution < -0.4 is 11.4 Å². The second-order valence-corrected chi connectivity index (χ2v) is 4.76. The summed E-state index contributed by atoms with van der Waals surface area (Å²) in [5.74, 6) is -0.105. The Balaban J connectivity index is 2.37. The maximum Gasteiger partial charge on any atom is 0.351 e. The van der Waals surface area contributed by atoms with Gasteiger partial charge in [0, 0.05) is 12.6 Å². The minimum absolute atomic E-state index is 0.105. The summed E-state index contributed by atoms with van der Waals surface area (Å²) in [7, 11) is 0. The molecule has 2 rings (SSSR count). The van der Waals surface area contributed by atoms with Crippen LogP contribution in [-0.4, -0.2) is 50.7 Å². The van der Waals surface area contributed by atoms with Crippen molar-refractivity contribution in [1.82, 2.24) is 9.55 Å². The van der Waals surface area contributed by atoms with Gasteiger partial charge in [0.05, 0.1) is 6.61 Å². The molecule has 0 unspecified atom stereocenters. The van der Waals surface area contributed by atoms with Crippen molar-refractivity contribution in [2.75, 3.05) is 12.3 Å². The molecule has 1 fully saturated rings. The van der Waals surface area contributed by atoms with Crippen LogP contribution >= 0.6 is 0 Å². The van der Waals surface area contributed by atoms with Crippen LogP contribution in [0.3, 0.4) is 0 Å². The molecule has 0 radical (unpaired) electrons. The van der Waals surface area contributed by atoms with E-state index in [1.54, 1.807) is 0 Å². The topological polar surface area (TPSA) is 111 Å². The van der Waals surface area contributed by atoms with Gasteiger partial charge in [-0.15, -0.1) is 0 Å². The van der Waals surface area contributed by atoms with E-state index in [2.05, 4.69) is 4.98 Å². The van der Waals surface area contributed by atoms with Gasteiger partial charge in [-0.25, -0.2) is 18.0 Å². The minimum Gasteiger partial charge on any atom is -0.393 e. The van der Waals surface area contributed by atoms with Gasteiger partial charge in [-0.05, 0) is 6.07 Å². The number of aliphatic hydroxyl groups is 2. The number of ether oxygens (including phenoxy) is 1. The molecular weight excluding hydrogens is 295 g/mol. The molecule has 118 valence electrons. The molecule has 1 aromatic heterocycles. The van der Waals surface area contributed by atoms with E-state index in [1.165, 1.54) is 6.07 Å². The first kappa shape index (κ1) is 15.7. The van der Waals surface area contributed by atoms with E-state index in [0.717, 1.165) is 6.20 Å². The highest BCUT2D eigenvalue weighted by Gasteiger charge is 2.56. The molecule has 4 atom stereocenters. The average molecular weight is 309 g/mol. The Kier molecular flexibility index (Phi) is 4.21. The fourth-order valence-corrected chi connectivity index (χ4v) is 2.28. The molecule has 0 spiro atoms. The van der Waals surface area contributed by atoms with Crippen LogP contribution in [0.1, 0.15) is 12.6 Å². The molecule has 1 aromatic rings. The lowest BCUT2D eigenvalue weighted by molar-refractivity contribution is -0.150. The number of aromatic nitrogens is 2. The summed E-state index contributed by atoms with van der Waals surface area (Å²) in [6.45, 7) is -1.02. The molecule has 0 aromatic carbocycles. The predicted molar refractivity (Wildman–Crippen MR) is 64.4 cm³/mol. The third-order valence-electron chi connectivity index (χ3n) is 3.36. The van der Waals surface area contributed by atoms with E-state index in [9.17, 15) is 28.2 Å². The zero-order chi connectivity index (χ0) is 15.8. The summed E-state index contributed by atoms with van der Waals surface area (Å²) >= 11 is 0. The molecule has 21 heavy (non-hydrogen) atoms. The zero-order valence-electron chi connectivity index (χ0n) is 10.7. The fourth-order valence-electron chi connectivity index (χ4n) is 2.28. The molecular formula is C11H14F3N3O4. The van der Waals surface area contributed by atoms with Crippen molar-refractivity contribution < 1.29 is 28.1 Å². The van der Waals surface area contributed by atoms with Crippen molar-refractivity contribution in [3.63, 3.8) is 0 Å². The molecule has 1 saturated heterocycles. The highest BCUT2D eigenvalue weighted by atomic mass is 19.3. The van der Waals surface area contributed by atoms with Crippen LogP contribution in [0.5, 0.6) is 0 Å². The van der Waals surface area contributed by atoms with Gasteiger partial charge in [-0.3, -0.25) is 4.57 Å². The third kappa shape index (κ3) is 2.74. The van der Waals surface area contributed by atoms with Gasteiger partial charge >= 0.3 is 5.69 Å². The number of hydrogen-bond acceptors (Lipinski definition) is 6. The smallest absolute Gasteiger partial charge is 0.351 e. The van der Waals surface area contributed by atoms with Gasteiger partial charge in [0.2, 0.25) is 6.43 Å². The number of alkyl halides is 3. The van der Waals surface area contributed by atoms with Crippen molar-refractivity contribution in [3.05, 3.63) is 22.7 Å². The summed E-state index contributed by atoms with van der Waals surface area (Å²) < 4.78 is 45.0. The van der Waals surface area contributed by atoms with Crippen LogP contribution in [0.2, 0.25) is 0 Å². The largest absolute Gasteiger partial charge is 0.393 e. The maximum absolute atomic E-state index is 14.1.